The van der Waals surface area contributed by atoms with Crippen molar-refractivity contribution < 1.29 is 9.53 Å². The third-order valence-electron chi connectivity index (χ3n) is 5.28. The maximum absolute atomic E-state index is 10.9. The topological polar surface area (TPSA) is 50.6 Å². The SMILES string of the molecule is O=CN1CCN(c2ccc(OC(CCc3ccc(Cl)s3)Cn3ccnc3)cc2)CC1. The van der Waals surface area contributed by atoms with Crippen LogP contribution in [-0.2, 0) is 17.8 Å². The van der Waals surface area contributed by atoms with Gasteiger partial charge in [0.25, 0.3) is 0 Å². The van der Waals surface area contributed by atoms with Crippen molar-refractivity contribution in [1.29, 1.82) is 0 Å². The molecule has 2 aromatic heterocycles. The van der Waals surface area contributed by atoms with Gasteiger partial charge in [0.2, 0.25) is 6.41 Å². The number of thiophene rings is 1. The smallest absolute Gasteiger partial charge is 0.209 e. The molecule has 1 unspecified atom stereocenters. The first-order valence-corrected chi connectivity index (χ1v) is 11.3. The van der Waals surface area contributed by atoms with Crippen molar-refractivity contribution in [2.24, 2.45) is 0 Å². The molecule has 1 amide bonds. The monoisotopic (exact) mass is 444 g/mol. The lowest BCUT2D eigenvalue weighted by atomic mass is 10.1. The van der Waals surface area contributed by atoms with Crippen molar-refractivity contribution >= 4 is 35.0 Å². The van der Waals surface area contributed by atoms with Crippen molar-refractivity contribution in [3.63, 3.8) is 0 Å². The fraction of sp³-hybridized carbons (Fsp3) is 0.364. The number of hydrogen-bond acceptors (Lipinski definition) is 5. The Morgan fingerprint density at radius 2 is 1.93 bits per heavy atom. The van der Waals surface area contributed by atoms with Crippen molar-refractivity contribution in [2.45, 2.75) is 25.5 Å². The Kier molecular flexibility index (Phi) is 6.92. The number of aryl methyl sites for hydroxylation is 1. The van der Waals surface area contributed by atoms with Crippen molar-refractivity contribution in [3.05, 3.63) is 64.3 Å². The third-order valence-corrected chi connectivity index (χ3v) is 6.57. The second kappa shape index (κ2) is 10.00. The first-order chi connectivity index (χ1) is 14.7. The van der Waals surface area contributed by atoms with E-state index in [0.29, 0.717) is 0 Å². The summed E-state index contributed by atoms with van der Waals surface area (Å²) in [7, 11) is 0. The van der Waals surface area contributed by atoms with Crippen LogP contribution in [0.1, 0.15) is 11.3 Å². The Hall–Kier alpha value is -2.51. The van der Waals surface area contributed by atoms with E-state index in [-0.39, 0.29) is 6.10 Å². The molecule has 3 heterocycles. The van der Waals surface area contributed by atoms with Gasteiger partial charge in [-0.15, -0.1) is 11.3 Å². The minimum absolute atomic E-state index is 0.0297. The maximum atomic E-state index is 10.9. The van der Waals surface area contributed by atoms with Crippen LogP contribution in [0.4, 0.5) is 5.69 Å². The van der Waals surface area contributed by atoms with Crippen LogP contribution in [0.25, 0.3) is 0 Å². The van der Waals surface area contributed by atoms with E-state index in [4.69, 9.17) is 16.3 Å². The van der Waals surface area contributed by atoms with Crippen LogP contribution in [0, 0.1) is 0 Å². The van der Waals surface area contributed by atoms with Crippen LogP contribution >= 0.6 is 22.9 Å². The minimum Gasteiger partial charge on any atom is -0.489 e. The van der Waals surface area contributed by atoms with E-state index < -0.39 is 0 Å². The number of piperazine rings is 1. The molecule has 0 N–H and O–H groups in total. The average molecular weight is 445 g/mol. The molecule has 0 bridgehead atoms. The Bertz CT molecular complexity index is 921. The Morgan fingerprint density at radius 3 is 2.57 bits per heavy atom. The number of carbonyl (C=O) groups excluding carboxylic acids is 1. The van der Waals surface area contributed by atoms with Gasteiger partial charge in [0, 0.05) is 49.1 Å². The molecule has 158 valence electrons. The summed E-state index contributed by atoms with van der Waals surface area (Å²) in [5.41, 5.74) is 1.16. The molecule has 1 atom stereocenters. The van der Waals surface area contributed by atoms with Crippen LogP contribution in [0.5, 0.6) is 5.75 Å². The van der Waals surface area contributed by atoms with Gasteiger partial charge < -0.3 is 19.1 Å². The molecule has 0 aliphatic carbocycles. The second-order valence-electron chi connectivity index (χ2n) is 7.37. The molecule has 4 rings (SSSR count). The van der Waals surface area contributed by atoms with E-state index >= 15 is 0 Å². The summed E-state index contributed by atoms with van der Waals surface area (Å²) in [6.45, 7) is 3.98. The quantitative estimate of drug-likeness (QED) is 0.469. The molecule has 0 radical (unpaired) electrons. The molecule has 30 heavy (non-hydrogen) atoms. The predicted octanol–water partition coefficient (Wildman–Crippen LogP) is 3.96. The number of ether oxygens (including phenoxy) is 1. The summed E-state index contributed by atoms with van der Waals surface area (Å²) in [4.78, 5) is 20.4. The Balaban J connectivity index is 1.38. The molecule has 1 fully saturated rings. The highest BCUT2D eigenvalue weighted by Crippen LogP contribution is 2.25. The predicted molar refractivity (Wildman–Crippen MR) is 121 cm³/mol. The van der Waals surface area contributed by atoms with Crippen LogP contribution in [0.2, 0.25) is 4.34 Å². The van der Waals surface area contributed by atoms with E-state index in [1.165, 1.54) is 4.88 Å². The molecule has 0 spiro atoms. The van der Waals surface area contributed by atoms with Gasteiger partial charge in [-0.2, -0.15) is 0 Å². The van der Waals surface area contributed by atoms with Crippen LogP contribution in [-0.4, -0.2) is 53.1 Å². The van der Waals surface area contributed by atoms with Gasteiger partial charge in [-0.1, -0.05) is 11.6 Å². The Labute approximate surface area is 185 Å². The number of rotatable bonds is 9. The number of benzene rings is 1. The van der Waals surface area contributed by atoms with Gasteiger partial charge in [-0.25, -0.2) is 4.98 Å². The van der Waals surface area contributed by atoms with E-state index in [1.54, 1.807) is 17.5 Å². The number of aromatic nitrogens is 2. The summed E-state index contributed by atoms with van der Waals surface area (Å²) in [5.74, 6) is 0.861. The lowest BCUT2D eigenvalue weighted by molar-refractivity contribution is -0.118. The number of hydrogen-bond donors (Lipinski definition) is 0. The zero-order chi connectivity index (χ0) is 20.8. The molecule has 8 heteroatoms. The van der Waals surface area contributed by atoms with Gasteiger partial charge in [0.15, 0.2) is 0 Å². The number of nitrogens with zero attached hydrogens (tertiary/aromatic N) is 4. The van der Waals surface area contributed by atoms with Crippen LogP contribution in [0.3, 0.4) is 0 Å². The fourth-order valence-corrected chi connectivity index (χ4v) is 4.72. The number of carbonyl (C=O) groups is 1. The highest BCUT2D eigenvalue weighted by atomic mass is 35.5. The molecular weight excluding hydrogens is 420 g/mol. The summed E-state index contributed by atoms with van der Waals surface area (Å²) < 4.78 is 9.21. The molecule has 1 saturated heterocycles. The van der Waals surface area contributed by atoms with Crippen molar-refractivity contribution in [2.75, 3.05) is 31.1 Å². The van der Waals surface area contributed by atoms with Gasteiger partial charge in [0.1, 0.15) is 11.9 Å². The normalized spacial score (nSPS) is 15.2. The maximum Gasteiger partial charge on any atom is 0.209 e. The number of imidazole rings is 1. The lowest BCUT2D eigenvalue weighted by Crippen LogP contribution is -2.45. The standard InChI is InChI=1S/C22H25ClN4O2S/c23-22-8-7-21(30-22)6-5-20(15-26-10-9-24-16-26)29-19-3-1-18(2-4-19)27-13-11-25(17-28)12-14-27/h1-4,7-10,16-17,20H,5-6,11-15H2. The fourth-order valence-electron chi connectivity index (χ4n) is 3.62. The zero-order valence-electron chi connectivity index (χ0n) is 16.7. The number of anilines is 1. The summed E-state index contributed by atoms with van der Waals surface area (Å²) >= 11 is 7.69. The highest BCUT2D eigenvalue weighted by Gasteiger charge is 2.17. The molecule has 3 aromatic rings. The summed E-state index contributed by atoms with van der Waals surface area (Å²) in [6.07, 6.45) is 8.34. The van der Waals surface area contributed by atoms with Crippen LogP contribution < -0.4 is 9.64 Å². The van der Waals surface area contributed by atoms with Crippen LogP contribution in [0.15, 0.2) is 55.1 Å². The Morgan fingerprint density at radius 1 is 1.13 bits per heavy atom. The van der Waals surface area contributed by atoms with Crippen molar-refractivity contribution in [1.82, 2.24) is 14.5 Å². The first kappa shape index (κ1) is 20.8. The zero-order valence-corrected chi connectivity index (χ0v) is 18.3. The van der Waals surface area contributed by atoms with Crippen molar-refractivity contribution in [3.8, 4) is 5.75 Å². The largest absolute Gasteiger partial charge is 0.489 e. The number of halogens is 1. The minimum atomic E-state index is 0.0297. The van der Waals surface area contributed by atoms with Gasteiger partial charge in [-0.3, -0.25) is 4.79 Å². The molecule has 6 nitrogen and oxygen atoms in total. The van der Waals surface area contributed by atoms with Gasteiger partial charge >= 0.3 is 0 Å². The molecule has 1 aromatic carbocycles. The average Bonchev–Trinajstić information content (AvgIpc) is 3.44. The van der Waals surface area contributed by atoms with Gasteiger partial charge in [-0.05, 0) is 49.2 Å². The summed E-state index contributed by atoms with van der Waals surface area (Å²) in [6, 6.07) is 12.3. The van der Waals surface area contributed by atoms with E-state index in [9.17, 15) is 4.79 Å². The molecular formula is C22H25ClN4O2S. The molecule has 1 aliphatic heterocycles. The van der Waals surface area contributed by atoms with E-state index in [2.05, 4.69) is 28.1 Å². The van der Waals surface area contributed by atoms with Gasteiger partial charge in [0.05, 0.1) is 17.2 Å². The molecule has 0 saturated carbocycles. The highest BCUT2D eigenvalue weighted by molar-refractivity contribution is 7.16. The van der Waals surface area contributed by atoms with E-state index in [1.807, 2.05) is 40.2 Å². The summed E-state index contributed by atoms with van der Waals surface area (Å²) in [5, 5.41) is 0. The lowest BCUT2D eigenvalue weighted by Gasteiger charge is -2.34. The molecule has 1 aliphatic rings. The van der Waals surface area contributed by atoms with E-state index in [0.717, 1.165) is 67.7 Å². The first-order valence-electron chi connectivity index (χ1n) is 10.1. The second-order valence-corrected chi connectivity index (χ2v) is 9.17. The number of amides is 1. The third kappa shape index (κ3) is 5.55.